The van der Waals surface area contributed by atoms with Crippen LogP contribution in [0.1, 0.15) is 39.2 Å². The second kappa shape index (κ2) is 3.62. The van der Waals surface area contributed by atoms with Gasteiger partial charge in [0.05, 0.1) is 5.92 Å². The summed E-state index contributed by atoms with van der Waals surface area (Å²) in [6.45, 7) is 8.46. The normalized spacial score (nSPS) is 24.9. The van der Waals surface area contributed by atoms with Crippen LogP contribution >= 0.6 is 0 Å². The molecule has 0 fully saturated rings. The Bertz CT molecular complexity index is 415. The number of ether oxygens (including phenoxy) is 1. The molecule has 1 heterocycles. The van der Waals surface area contributed by atoms with E-state index in [1.165, 1.54) is 0 Å². The number of carbonyl (C=O) groups is 1. The Balaban J connectivity index is 2.55. The van der Waals surface area contributed by atoms with E-state index in [-0.39, 0.29) is 23.2 Å². The lowest BCUT2D eigenvalue weighted by atomic mass is 9.69. The first kappa shape index (κ1) is 11.2. The Morgan fingerprint density at radius 3 is 2.44 bits per heavy atom. The van der Waals surface area contributed by atoms with Crippen molar-refractivity contribution in [1.82, 2.24) is 0 Å². The summed E-state index contributed by atoms with van der Waals surface area (Å²) in [6.07, 6.45) is 0. The summed E-state index contributed by atoms with van der Waals surface area (Å²) >= 11 is 0. The van der Waals surface area contributed by atoms with Gasteiger partial charge in [-0.15, -0.1) is 0 Å². The standard InChI is InChI=1S/C14H18O2/c1-9-12(14(2,3)4)10-7-5-6-8-11(10)16-13(9)15/h5-9,12H,1-4H3. The summed E-state index contributed by atoms with van der Waals surface area (Å²) in [6, 6.07) is 7.84. The highest BCUT2D eigenvalue weighted by molar-refractivity contribution is 5.79. The van der Waals surface area contributed by atoms with Gasteiger partial charge in [-0.3, -0.25) is 4.79 Å². The lowest BCUT2D eigenvalue weighted by Crippen LogP contribution is -2.36. The fourth-order valence-corrected chi connectivity index (χ4v) is 2.65. The molecule has 16 heavy (non-hydrogen) atoms. The van der Waals surface area contributed by atoms with Crippen LogP contribution in [0.3, 0.4) is 0 Å². The number of carbonyl (C=O) groups excluding carboxylic acids is 1. The van der Waals surface area contributed by atoms with Gasteiger partial charge in [0.25, 0.3) is 0 Å². The van der Waals surface area contributed by atoms with Crippen molar-refractivity contribution >= 4 is 5.97 Å². The monoisotopic (exact) mass is 218 g/mol. The fourth-order valence-electron chi connectivity index (χ4n) is 2.65. The van der Waals surface area contributed by atoms with Crippen molar-refractivity contribution in [2.45, 2.75) is 33.6 Å². The molecule has 0 N–H and O–H groups in total. The Morgan fingerprint density at radius 2 is 1.81 bits per heavy atom. The molecule has 0 amide bonds. The predicted octanol–water partition coefficient (Wildman–Crippen LogP) is 3.37. The zero-order valence-electron chi connectivity index (χ0n) is 10.3. The minimum absolute atomic E-state index is 0.0644. The quantitative estimate of drug-likeness (QED) is 0.493. The zero-order chi connectivity index (χ0) is 11.9. The molecule has 2 atom stereocenters. The number of benzene rings is 1. The van der Waals surface area contributed by atoms with Crippen LogP contribution in [0.5, 0.6) is 5.75 Å². The second-order valence-electron chi connectivity index (χ2n) is 5.59. The van der Waals surface area contributed by atoms with Crippen molar-refractivity contribution in [2.75, 3.05) is 0 Å². The molecule has 0 bridgehead atoms. The molecule has 86 valence electrons. The molecule has 0 saturated carbocycles. The SMILES string of the molecule is CC1C(=O)Oc2ccccc2C1C(C)(C)C. The maximum absolute atomic E-state index is 11.8. The number of para-hydroxylation sites is 1. The van der Waals surface area contributed by atoms with Gasteiger partial charge in [0, 0.05) is 5.92 Å². The van der Waals surface area contributed by atoms with Crippen LogP contribution in [0, 0.1) is 11.3 Å². The van der Waals surface area contributed by atoms with Gasteiger partial charge in [-0.25, -0.2) is 0 Å². The average molecular weight is 218 g/mol. The lowest BCUT2D eigenvalue weighted by Gasteiger charge is -2.38. The van der Waals surface area contributed by atoms with Crippen LogP contribution in [0.4, 0.5) is 0 Å². The average Bonchev–Trinajstić information content (AvgIpc) is 2.17. The topological polar surface area (TPSA) is 26.3 Å². The number of hydrogen-bond donors (Lipinski definition) is 0. The van der Waals surface area contributed by atoms with E-state index in [0.29, 0.717) is 0 Å². The first-order valence-corrected chi connectivity index (χ1v) is 5.72. The van der Waals surface area contributed by atoms with E-state index < -0.39 is 0 Å². The lowest BCUT2D eigenvalue weighted by molar-refractivity contribution is -0.141. The van der Waals surface area contributed by atoms with Crippen LogP contribution in [-0.2, 0) is 4.79 Å². The minimum Gasteiger partial charge on any atom is -0.426 e. The molecule has 0 aromatic heterocycles. The molecular formula is C14H18O2. The van der Waals surface area contributed by atoms with Gasteiger partial charge in [-0.1, -0.05) is 45.9 Å². The van der Waals surface area contributed by atoms with E-state index in [1.54, 1.807) is 0 Å². The molecule has 0 aliphatic carbocycles. The van der Waals surface area contributed by atoms with E-state index in [1.807, 2.05) is 25.1 Å². The molecule has 1 aromatic carbocycles. The first-order valence-electron chi connectivity index (χ1n) is 5.72. The van der Waals surface area contributed by atoms with Crippen LogP contribution in [0.2, 0.25) is 0 Å². The zero-order valence-corrected chi connectivity index (χ0v) is 10.3. The largest absolute Gasteiger partial charge is 0.426 e. The molecule has 2 heteroatoms. The van der Waals surface area contributed by atoms with Gasteiger partial charge in [-0.05, 0) is 17.0 Å². The summed E-state index contributed by atoms with van der Waals surface area (Å²) in [5.41, 5.74) is 1.22. The van der Waals surface area contributed by atoms with Crippen LogP contribution < -0.4 is 4.74 Å². The fraction of sp³-hybridized carbons (Fsp3) is 0.500. The number of fused-ring (bicyclic) bond motifs is 1. The highest BCUT2D eigenvalue weighted by Gasteiger charge is 2.40. The van der Waals surface area contributed by atoms with Gasteiger partial charge >= 0.3 is 5.97 Å². The van der Waals surface area contributed by atoms with Crippen molar-refractivity contribution in [3.63, 3.8) is 0 Å². The van der Waals surface area contributed by atoms with Crippen molar-refractivity contribution in [1.29, 1.82) is 0 Å². The number of hydrogen-bond acceptors (Lipinski definition) is 2. The van der Waals surface area contributed by atoms with E-state index in [0.717, 1.165) is 11.3 Å². The van der Waals surface area contributed by atoms with Crippen molar-refractivity contribution < 1.29 is 9.53 Å². The van der Waals surface area contributed by atoms with E-state index in [2.05, 4.69) is 26.8 Å². The highest BCUT2D eigenvalue weighted by atomic mass is 16.5. The maximum atomic E-state index is 11.8. The molecule has 0 radical (unpaired) electrons. The van der Waals surface area contributed by atoms with Crippen molar-refractivity contribution in [3.05, 3.63) is 29.8 Å². The Morgan fingerprint density at radius 1 is 1.19 bits per heavy atom. The molecule has 0 spiro atoms. The maximum Gasteiger partial charge on any atom is 0.314 e. The molecule has 0 saturated heterocycles. The molecule has 1 aliphatic heterocycles. The van der Waals surface area contributed by atoms with E-state index in [9.17, 15) is 4.79 Å². The molecule has 2 nitrogen and oxygen atoms in total. The first-order chi connectivity index (χ1) is 7.41. The Hall–Kier alpha value is -1.31. The summed E-state index contributed by atoms with van der Waals surface area (Å²) in [5, 5.41) is 0. The van der Waals surface area contributed by atoms with Crippen LogP contribution in [0.15, 0.2) is 24.3 Å². The highest BCUT2D eigenvalue weighted by Crippen LogP contribution is 2.47. The third-order valence-corrected chi connectivity index (χ3v) is 3.27. The van der Waals surface area contributed by atoms with E-state index in [4.69, 9.17) is 4.74 Å². The smallest absolute Gasteiger partial charge is 0.314 e. The molecule has 2 unspecified atom stereocenters. The molecule has 2 rings (SSSR count). The summed E-state index contributed by atoms with van der Waals surface area (Å²) in [7, 11) is 0. The van der Waals surface area contributed by atoms with Gasteiger partial charge in [0.2, 0.25) is 0 Å². The van der Waals surface area contributed by atoms with Crippen molar-refractivity contribution in [3.8, 4) is 5.75 Å². The van der Waals surface area contributed by atoms with Gasteiger partial charge < -0.3 is 4.74 Å². The van der Waals surface area contributed by atoms with Gasteiger partial charge in [0.15, 0.2) is 0 Å². The molecule has 1 aromatic rings. The Labute approximate surface area is 96.6 Å². The number of esters is 1. The molecular weight excluding hydrogens is 200 g/mol. The van der Waals surface area contributed by atoms with Crippen LogP contribution in [-0.4, -0.2) is 5.97 Å². The van der Waals surface area contributed by atoms with E-state index >= 15 is 0 Å². The summed E-state index contributed by atoms with van der Waals surface area (Å²) in [4.78, 5) is 11.8. The second-order valence-corrected chi connectivity index (χ2v) is 5.59. The van der Waals surface area contributed by atoms with Gasteiger partial charge in [-0.2, -0.15) is 0 Å². The summed E-state index contributed by atoms with van der Waals surface area (Å²) < 4.78 is 5.33. The predicted molar refractivity (Wildman–Crippen MR) is 63.4 cm³/mol. The molecule has 1 aliphatic rings. The third kappa shape index (κ3) is 1.73. The summed E-state index contributed by atoms with van der Waals surface area (Å²) in [5.74, 6) is 0.768. The third-order valence-electron chi connectivity index (χ3n) is 3.27. The van der Waals surface area contributed by atoms with Crippen LogP contribution in [0.25, 0.3) is 0 Å². The Kier molecular flexibility index (Phi) is 2.53. The van der Waals surface area contributed by atoms with Gasteiger partial charge in [0.1, 0.15) is 5.75 Å². The van der Waals surface area contributed by atoms with Crippen molar-refractivity contribution in [2.24, 2.45) is 11.3 Å². The minimum atomic E-state index is -0.112. The number of rotatable bonds is 0.